The zero-order valence-corrected chi connectivity index (χ0v) is 11.3. The molecule has 2 aliphatic heterocycles. The number of carbonyl (C=O) groups excluding carboxylic acids is 1. The molecule has 3 N–H and O–H groups in total. The summed E-state index contributed by atoms with van der Waals surface area (Å²) in [7, 11) is 0. The molecule has 0 aliphatic carbocycles. The van der Waals surface area contributed by atoms with Crippen LogP contribution in [0.4, 0.5) is 0 Å². The Hall–Kier alpha value is -1.63. The van der Waals surface area contributed by atoms with Gasteiger partial charge in [-0.1, -0.05) is 6.07 Å². The zero-order valence-electron chi connectivity index (χ0n) is 11.3. The summed E-state index contributed by atoms with van der Waals surface area (Å²) in [5.41, 5.74) is 7.68. The maximum absolute atomic E-state index is 11.7. The summed E-state index contributed by atoms with van der Waals surface area (Å²) >= 11 is 0. The van der Waals surface area contributed by atoms with Gasteiger partial charge >= 0.3 is 0 Å². The summed E-state index contributed by atoms with van der Waals surface area (Å²) in [6, 6.07) is 5.62. The fraction of sp³-hybridized carbons (Fsp3) is 0.500. The lowest BCUT2D eigenvalue weighted by molar-refractivity contribution is -0.194. The molecule has 6 nitrogen and oxygen atoms in total. The topological polar surface area (TPSA) is 76.8 Å². The number of piperazine rings is 1. The second kappa shape index (κ2) is 5.78. The molecule has 20 heavy (non-hydrogen) atoms. The van der Waals surface area contributed by atoms with Gasteiger partial charge in [0.1, 0.15) is 6.61 Å². The number of nitrogens with one attached hydrogen (secondary N) is 1. The van der Waals surface area contributed by atoms with Gasteiger partial charge in [-0.05, 0) is 24.1 Å². The van der Waals surface area contributed by atoms with E-state index in [4.69, 9.17) is 15.5 Å². The van der Waals surface area contributed by atoms with Gasteiger partial charge in [-0.3, -0.25) is 9.69 Å². The standard InChI is InChI=1S/C14H19N3O3/c15-14(18)12(17-5-3-16-4-6-17)8-10-1-2-13-11(7-10)9-19-20-13/h1-2,7,12,16H,3-6,8-9H2,(H2,15,18). The van der Waals surface area contributed by atoms with E-state index >= 15 is 0 Å². The fourth-order valence-electron chi connectivity index (χ4n) is 2.74. The second-order valence-electron chi connectivity index (χ2n) is 5.20. The van der Waals surface area contributed by atoms with Gasteiger partial charge in [0, 0.05) is 31.7 Å². The highest BCUT2D eigenvalue weighted by Gasteiger charge is 2.26. The summed E-state index contributed by atoms with van der Waals surface area (Å²) in [5, 5.41) is 3.28. The zero-order chi connectivity index (χ0) is 13.9. The van der Waals surface area contributed by atoms with Gasteiger partial charge in [0.2, 0.25) is 5.91 Å². The van der Waals surface area contributed by atoms with Crippen LogP contribution in [0.1, 0.15) is 11.1 Å². The highest BCUT2D eigenvalue weighted by atomic mass is 17.2. The number of nitrogens with zero attached hydrogens (tertiary/aromatic N) is 1. The predicted octanol–water partition coefficient (Wildman–Crippen LogP) is -0.188. The SMILES string of the molecule is NC(=O)C(Cc1ccc2c(c1)COO2)N1CCNCC1. The van der Waals surface area contributed by atoms with Crippen LogP contribution < -0.4 is 15.9 Å². The lowest BCUT2D eigenvalue weighted by atomic mass is 10.0. The van der Waals surface area contributed by atoms with Crippen molar-refractivity contribution in [3.63, 3.8) is 0 Å². The van der Waals surface area contributed by atoms with E-state index in [-0.39, 0.29) is 11.9 Å². The molecule has 0 saturated carbocycles. The number of hydrogen-bond donors (Lipinski definition) is 2. The molecule has 6 heteroatoms. The van der Waals surface area contributed by atoms with Crippen LogP contribution in [-0.4, -0.2) is 43.0 Å². The van der Waals surface area contributed by atoms with Crippen LogP contribution in [-0.2, 0) is 22.7 Å². The van der Waals surface area contributed by atoms with Crippen LogP contribution >= 0.6 is 0 Å². The van der Waals surface area contributed by atoms with Crippen molar-refractivity contribution in [2.75, 3.05) is 26.2 Å². The molecule has 0 bridgehead atoms. The predicted molar refractivity (Wildman–Crippen MR) is 73.0 cm³/mol. The van der Waals surface area contributed by atoms with Crippen molar-refractivity contribution >= 4 is 5.91 Å². The van der Waals surface area contributed by atoms with Crippen LogP contribution in [0.2, 0.25) is 0 Å². The normalized spacial score (nSPS) is 20.2. The highest BCUT2D eigenvalue weighted by molar-refractivity contribution is 5.80. The maximum atomic E-state index is 11.7. The van der Waals surface area contributed by atoms with Crippen molar-refractivity contribution in [2.24, 2.45) is 5.73 Å². The Bertz CT molecular complexity index is 500. The van der Waals surface area contributed by atoms with E-state index in [1.54, 1.807) is 0 Å². The molecule has 0 aromatic heterocycles. The molecule has 3 rings (SSSR count). The Balaban J connectivity index is 1.74. The number of nitrogens with two attached hydrogens (primary N) is 1. The molecule has 1 fully saturated rings. The van der Waals surface area contributed by atoms with Crippen LogP contribution in [0, 0.1) is 0 Å². The van der Waals surface area contributed by atoms with E-state index in [0.29, 0.717) is 13.0 Å². The van der Waals surface area contributed by atoms with Gasteiger partial charge < -0.3 is 15.9 Å². The number of rotatable bonds is 4. The first-order valence-corrected chi connectivity index (χ1v) is 6.89. The number of primary amides is 1. The molecule has 0 radical (unpaired) electrons. The van der Waals surface area contributed by atoms with Crippen molar-refractivity contribution in [1.82, 2.24) is 10.2 Å². The second-order valence-corrected chi connectivity index (χ2v) is 5.20. The fourth-order valence-corrected chi connectivity index (χ4v) is 2.74. The minimum atomic E-state index is -0.264. The highest BCUT2D eigenvalue weighted by Crippen LogP contribution is 2.27. The molecule has 2 heterocycles. The van der Waals surface area contributed by atoms with Crippen molar-refractivity contribution in [1.29, 1.82) is 0 Å². The summed E-state index contributed by atoms with van der Waals surface area (Å²) < 4.78 is 0. The Morgan fingerprint density at radius 2 is 2.20 bits per heavy atom. The number of hydrogen-bond acceptors (Lipinski definition) is 5. The minimum Gasteiger partial charge on any atom is -0.368 e. The average Bonchev–Trinajstić information content (AvgIpc) is 2.93. The Kier molecular flexibility index (Phi) is 3.86. The first-order chi connectivity index (χ1) is 9.74. The quantitative estimate of drug-likeness (QED) is 0.746. The number of benzene rings is 1. The molecular weight excluding hydrogens is 258 g/mol. The smallest absolute Gasteiger partial charge is 0.235 e. The summed E-state index contributed by atoms with van der Waals surface area (Å²) in [5.74, 6) is 0.492. The van der Waals surface area contributed by atoms with E-state index in [0.717, 1.165) is 43.1 Å². The third kappa shape index (κ3) is 2.77. The molecule has 1 atom stereocenters. The molecule has 1 unspecified atom stereocenters. The molecule has 1 saturated heterocycles. The van der Waals surface area contributed by atoms with Crippen LogP contribution in [0.25, 0.3) is 0 Å². The van der Waals surface area contributed by atoms with Crippen molar-refractivity contribution in [3.05, 3.63) is 29.3 Å². The lowest BCUT2D eigenvalue weighted by Gasteiger charge is -2.33. The first-order valence-electron chi connectivity index (χ1n) is 6.89. The minimum absolute atomic E-state index is 0.251. The van der Waals surface area contributed by atoms with Crippen LogP contribution in [0.3, 0.4) is 0 Å². The van der Waals surface area contributed by atoms with Crippen LogP contribution in [0.15, 0.2) is 18.2 Å². The van der Waals surface area contributed by atoms with E-state index in [9.17, 15) is 4.79 Å². The lowest BCUT2D eigenvalue weighted by Crippen LogP contribution is -2.53. The van der Waals surface area contributed by atoms with Crippen molar-refractivity contribution in [2.45, 2.75) is 19.1 Å². The maximum Gasteiger partial charge on any atom is 0.235 e. The average molecular weight is 277 g/mol. The molecule has 2 aliphatic rings. The van der Waals surface area contributed by atoms with Crippen molar-refractivity contribution < 1.29 is 14.6 Å². The monoisotopic (exact) mass is 277 g/mol. The van der Waals surface area contributed by atoms with E-state index < -0.39 is 0 Å². The molecule has 108 valence electrons. The molecule has 0 spiro atoms. The summed E-state index contributed by atoms with van der Waals surface area (Å²) in [4.78, 5) is 23.8. The molecule has 1 aromatic rings. The van der Waals surface area contributed by atoms with Crippen molar-refractivity contribution in [3.8, 4) is 5.75 Å². The van der Waals surface area contributed by atoms with Gasteiger partial charge in [-0.15, -0.1) is 0 Å². The van der Waals surface area contributed by atoms with E-state index in [2.05, 4.69) is 10.2 Å². The number of carbonyl (C=O) groups is 1. The Labute approximate surface area is 117 Å². The van der Waals surface area contributed by atoms with Gasteiger partial charge in [0.15, 0.2) is 5.75 Å². The number of amides is 1. The van der Waals surface area contributed by atoms with Gasteiger partial charge in [-0.25, -0.2) is 0 Å². The van der Waals surface area contributed by atoms with Gasteiger partial charge in [0.25, 0.3) is 0 Å². The molecule has 1 amide bonds. The Morgan fingerprint density at radius 3 is 2.95 bits per heavy atom. The first kappa shape index (κ1) is 13.4. The molecular formula is C14H19N3O3. The largest absolute Gasteiger partial charge is 0.368 e. The third-order valence-electron chi connectivity index (χ3n) is 3.84. The number of fused-ring (bicyclic) bond motifs is 1. The van der Waals surface area contributed by atoms with Gasteiger partial charge in [0.05, 0.1) is 6.04 Å². The van der Waals surface area contributed by atoms with Gasteiger partial charge in [-0.2, -0.15) is 4.89 Å². The van der Waals surface area contributed by atoms with E-state index in [1.807, 2.05) is 18.2 Å². The van der Waals surface area contributed by atoms with E-state index in [1.165, 1.54) is 0 Å². The molecule has 1 aromatic carbocycles. The Morgan fingerprint density at radius 1 is 1.40 bits per heavy atom. The van der Waals surface area contributed by atoms with Crippen LogP contribution in [0.5, 0.6) is 5.75 Å². The third-order valence-corrected chi connectivity index (χ3v) is 3.84. The summed E-state index contributed by atoms with van der Waals surface area (Å²) in [6.45, 7) is 3.96. The summed E-state index contributed by atoms with van der Waals surface area (Å²) in [6.07, 6.45) is 0.628.